The Kier molecular flexibility index (Phi) is 37.8. The maximum atomic E-state index is 15.6. The number of nitrogens with one attached hydrogen (secondary N) is 10. The van der Waals surface area contributed by atoms with Crippen LogP contribution < -0.4 is 54.0 Å². The number of para-hydroxylation sites is 2. The van der Waals surface area contributed by atoms with Gasteiger partial charge >= 0.3 is 0 Å². The Balaban J connectivity index is 1.16. The number of aromatic hydroxyl groups is 1. The number of aromatic amines is 2. The van der Waals surface area contributed by atoms with Crippen LogP contribution in [0.1, 0.15) is 162 Å². The number of phenolic OH excluding ortho intramolecular Hbond substituents is 1. The highest BCUT2D eigenvalue weighted by Crippen LogP contribution is 2.30. The number of thioether (sulfide) groups is 1. The van der Waals surface area contributed by atoms with Gasteiger partial charge in [-0.2, -0.15) is 0 Å². The van der Waals surface area contributed by atoms with Crippen molar-refractivity contribution >= 4 is 134 Å². The summed E-state index contributed by atoms with van der Waals surface area (Å²) in [6.45, 7) is 12.0. The molecule has 8 rings (SSSR count). The second kappa shape index (κ2) is 47.7. The van der Waals surface area contributed by atoms with Gasteiger partial charge in [0, 0.05) is 113 Å². The quantitative estimate of drug-likeness (QED) is 0.0465. The lowest BCUT2D eigenvalue weighted by Gasteiger charge is -2.36. The molecule has 0 saturated carbocycles. The molecule has 3 aliphatic rings. The van der Waals surface area contributed by atoms with Crippen LogP contribution in [0.5, 0.6) is 5.75 Å². The molecule has 14 atom stereocenters. The van der Waals surface area contributed by atoms with Crippen molar-refractivity contribution in [1.29, 1.82) is 0 Å². The van der Waals surface area contributed by atoms with E-state index in [1.54, 1.807) is 59.1 Å². The van der Waals surface area contributed by atoms with E-state index >= 15 is 28.8 Å². The average molecular weight is 1800 g/mol. The van der Waals surface area contributed by atoms with Crippen molar-refractivity contribution in [3.8, 4) is 5.75 Å². The SMILES string of the molecule is CCCC[C@H]1C(=O)N(C)[C@@H](CCCC)C(=O)N[C@@H](CC(C)C)C(=O)N[C@H](C(=O)N(C)CC(N)=O)CSCC(=O)N[C@@H](Cc2ccc(O)cc2)C(=O)N(C)[C@@H](C)C(=O)N[C@@H](CC(N)=O)C(=O)N2CCC[C@H]2C(=O)N[C@@H](CC)C(=O)N[C@@H](CC(C)C)C(=O)N2C[C@H](O)C[C@H]2C(=O)C[C@@H](Cc2c[nH]c3ccccc23)C(=O)NCC(=O)NC(Cc2c[nH]c3ccccc23)C(=O)N1C. The molecule has 37 nitrogen and oxygen atoms in total. The molecule has 0 aliphatic carbocycles. The number of rotatable bonds is 22. The number of aliphatic hydroxyl groups is 1. The fourth-order valence-electron chi connectivity index (χ4n) is 16.6. The molecule has 38 heteroatoms. The number of carbonyl (C=O) groups excluding carboxylic acids is 17. The van der Waals surface area contributed by atoms with Crippen molar-refractivity contribution in [3.63, 3.8) is 0 Å². The Bertz CT molecular complexity index is 4810. The Morgan fingerprint density at radius 1 is 0.555 bits per heavy atom. The molecule has 3 fully saturated rings. The number of unbranched alkanes of at least 4 members (excludes halogenated alkanes) is 2. The lowest BCUT2D eigenvalue weighted by Crippen LogP contribution is -2.60. The molecular formula is C90H128N18O19S. The van der Waals surface area contributed by atoms with Gasteiger partial charge in [-0.3, -0.25) is 81.5 Å². The van der Waals surface area contributed by atoms with E-state index < -0.39 is 217 Å². The molecule has 3 aromatic carbocycles. The molecule has 3 saturated heterocycles. The number of phenols is 1. The highest BCUT2D eigenvalue weighted by molar-refractivity contribution is 8.00. The van der Waals surface area contributed by atoms with Crippen molar-refractivity contribution in [1.82, 2.24) is 81.9 Å². The van der Waals surface area contributed by atoms with Gasteiger partial charge in [0.2, 0.25) is 94.5 Å². The molecule has 0 bridgehead atoms. The van der Waals surface area contributed by atoms with Gasteiger partial charge < -0.3 is 104 Å². The standard InChI is InChI=1S/C90H128N18O19S/c1-13-16-27-70-83(120)99-64(35-50(4)5)82(119)102-69(85(122)103(9)47-76(92)113)48-128-49-78(115)97-66(37-53-30-32-57(109)33-31-53)86(123)104(10)52(8)79(116)100-68(42-75(91)112)88(125)107-34-22-29-71(107)84(121)98-61(15-3)81(118)101-65(36-51(6)7)89(126)108-46-58(110)41-73(108)74(111)40-54(38-55-43-93-62-25-20-18-23-59(55)62)80(117)95-45-77(114)96-67(39-56-44-94-63-26-21-19-24-60(56)63)87(124)106(12)72(28-17-14-2)90(127)105(70)11/h18-21,23-26,30-33,43-44,50-52,54,58,61,64-73,93-94,109-110H,13-17,22,27-29,34-42,45-49H2,1-12H3,(H2,91,112)(H2,92,113)(H,95,117)(H,96,114)(H,97,115)(H,98,121)(H,99,120)(H,100,116)(H,101,118)(H,102,119)/t52-,54+,58+,61-,64-,65-,66-,67?,68-,69-,70-,71-,72-,73-/m0/s1. The summed E-state index contributed by atoms with van der Waals surface area (Å²) in [4.78, 5) is 261. The number of carbonyl (C=O) groups is 17. The van der Waals surface area contributed by atoms with E-state index in [-0.39, 0.29) is 107 Å². The van der Waals surface area contributed by atoms with Gasteiger partial charge in [0.15, 0.2) is 5.78 Å². The van der Waals surface area contributed by atoms with Gasteiger partial charge in [-0.1, -0.05) is 123 Å². The van der Waals surface area contributed by atoms with Crippen molar-refractivity contribution in [3.05, 3.63) is 102 Å². The van der Waals surface area contributed by atoms with Gasteiger partial charge in [-0.25, -0.2) is 0 Å². The number of primary amides is 2. The Morgan fingerprint density at radius 3 is 1.70 bits per heavy atom. The number of aliphatic hydroxyl groups excluding tert-OH is 1. The minimum Gasteiger partial charge on any atom is -0.508 e. The van der Waals surface area contributed by atoms with Crippen LogP contribution in [0.15, 0.2) is 85.2 Å². The minimum atomic E-state index is -1.72. The average Bonchev–Trinajstić information content (AvgIpc) is 1.54. The number of hydrogen-bond donors (Lipinski definition) is 14. The molecule has 16 amide bonds. The summed E-state index contributed by atoms with van der Waals surface area (Å²) in [5, 5.41) is 44.8. The number of fused-ring (bicyclic) bond motifs is 4. The zero-order valence-corrected chi connectivity index (χ0v) is 76.0. The zero-order valence-electron chi connectivity index (χ0n) is 75.2. The molecule has 698 valence electrons. The fourth-order valence-corrected chi connectivity index (χ4v) is 17.4. The highest BCUT2D eigenvalue weighted by Gasteiger charge is 2.46. The van der Waals surface area contributed by atoms with E-state index in [1.807, 2.05) is 50.2 Å². The lowest BCUT2D eigenvalue weighted by atomic mass is 9.90. The molecule has 128 heavy (non-hydrogen) atoms. The van der Waals surface area contributed by atoms with Crippen LogP contribution in [0.4, 0.5) is 0 Å². The molecule has 5 heterocycles. The summed E-state index contributed by atoms with van der Waals surface area (Å²) in [6, 6.07) is 3.26. The number of likely N-dealkylation sites (N-methyl/N-ethyl adjacent to an activating group) is 4. The summed E-state index contributed by atoms with van der Waals surface area (Å²) >= 11 is 0.827. The number of amides is 16. The van der Waals surface area contributed by atoms with Gasteiger partial charge in [0.25, 0.3) is 0 Å². The molecule has 3 aliphatic heterocycles. The van der Waals surface area contributed by atoms with Crippen molar-refractivity contribution in [2.75, 3.05) is 65.9 Å². The van der Waals surface area contributed by atoms with Crippen LogP contribution in [0.3, 0.4) is 0 Å². The number of benzene rings is 3. The first-order valence-electron chi connectivity index (χ1n) is 44.0. The Hall–Kier alpha value is -12.0. The van der Waals surface area contributed by atoms with Gasteiger partial charge in [0.1, 0.15) is 72.2 Å². The van der Waals surface area contributed by atoms with E-state index in [1.165, 1.54) is 74.1 Å². The van der Waals surface area contributed by atoms with Crippen molar-refractivity contribution < 1.29 is 91.7 Å². The number of aromatic nitrogens is 2. The second-order valence-electron chi connectivity index (χ2n) is 34.6. The first kappa shape index (κ1) is 101. The van der Waals surface area contributed by atoms with Gasteiger partial charge in [-0.15, -0.1) is 11.8 Å². The first-order valence-corrected chi connectivity index (χ1v) is 45.2. The highest BCUT2D eigenvalue weighted by atomic mass is 32.2. The molecule has 2 aromatic heterocycles. The summed E-state index contributed by atoms with van der Waals surface area (Å²) in [5.74, 6) is -16.9. The van der Waals surface area contributed by atoms with Crippen molar-refractivity contribution in [2.45, 2.75) is 243 Å². The molecular weight excluding hydrogens is 1670 g/mol. The largest absolute Gasteiger partial charge is 0.508 e. The summed E-state index contributed by atoms with van der Waals surface area (Å²) in [5.41, 5.74) is 14.3. The van der Waals surface area contributed by atoms with E-state index in [0.29, 0.717) is 58.8 Å². The van der Waals surface area contributed by atoms with E-state index in [4.69, 9.17) is 11.5 Å². The maximum absolute atomic E-state index is 15.6. The lowest BCUT2D eigenvalue weighted by molar-refractivity contribution is -0.149. The normalized spacial score (nSPS) is 25.1. The van der Waals surface area contributed by atoms with Crippen LogP contribution in [0.2, 0.25) is 0 Å². The monoisotopic (exact) mass is 1800 g/mol. The molecule has 0 radical (unpaired) electrons. The number of hydrogen-bond acceptors (Lipinski definition) is 20. The third-order valence-electron chi connectivity index (χ3n) is 23.7. The van der Waals surface area contributed by atoms with Crippen LogP contribution >= 0.6 is 11.8 Å². The number of ketones is 1. The van der Waals surface area contributed by atoms with Gasteiger partial charge in [0.05, 0.1) is 37.4 Å². The summed E-state index contributed by atoms with van der Waals surface area (Å²) < 4.78 is 0. The Morgan fingerprint density at radius 2 is 1.09 bits per heavy atom. The topological polar surface area (TPSA) is 530 Å². The number of nitrogens with zero attached hydrogens (tertiary/aromatic N) is 6. The third-order valence-corrected chi connectivity index (χ3v) is 24.7. The van der Waals surface area contributed by atoms with Crippen LogP contribution in [-0.4, -0.2) is 294 Å². The first-order chi connectivity index (χ1) is 60.7. The van der Waals surface area contributed by atoms with E-state index in [0.717, 1.165) is 31.8 Å². The second-order valence-corrected chi connectivity index (χ2v) is 35.6. The molecule has 0 spiro atoms. The summed E-state index contributed by atoms with van der Waals surface area (Å²) in [6.07, 6.45) is 2.33. The van der Waals surface area contributed by atoms with Crippen molar-refractivity contribution in [2.24, 2.45) is 29.2 Å². The molecule has 1 unspecified atom stereocenters. The van der Waals surface area contributed by atoms with Gasteiger partial charge in [-0.05, 0) is 111 Å². The Labute approximate surface area is 749 Å². The zero-order chi connectivity index (χ0) is 94.1. The third kappa shape index (κ3) is 27.8. The maximum Gasteiger partial charge on any atom is 0.246 e. The molecule has 5 aromatic rings. The fraction of sp³-hybridized carbons (Fsp3) is 0.567. The minimum absolute atomic E-state index is 0.00107. The summed E-state index contributed by atoms with van der Waals surface area (Å²) in [7, 11) is 5.33. The molecule has 16 N–H and O–H groups in total. The van der Waals surface area contributed by atoms with E-state index in [2.05, 4.69) is 52.5 Å². The van der Waals surface area contributed by atoms with E-state index in [9.17, 15) is 63.0 Å². The number of Topliss-reactive ketones (excluding diaryl/α,β-unsaturated/α-hetero) is 1. The smallest absolute Gasteiger partial charge is 0.246 e. The predicted octanol–water partition coefficient (Wildman–Crippen LogP) is 1.37. The van der Waals surface area contributed by atoms with Crippen LogP contribution in [-0.2, 0) is 101 Å². The number of nitrogens with two attached hydrogens (primary N) is 2. The van der Waals surface area contributed by atoms with Crippen LogP contribution in [0, 0.1) is 17.8 Å². The number of H-pyrrole nitrogens is 2. The predicted molar refractivity (Wildman–Crippen MR) is 478 cm³/mol. The van der Waals surface area contributed by atoms with Crippen LogP contribution in [0.25, 0.3) is 21.8 Å².